The van der Waals surface area contributed by atoms with Crippen LogP contribution in [0.3, 0.4) is 0 Å². The van der Waals surface area contributed by atoms with Gasteiger partial charge < -0.3 is 5.11 Å². The van der Waals surface area contributed by atoms with Gasteiger partial charge in [-0.3, -0.25) is 0 Å². The topological polar surface area (TPSA) is 63.8 Å². The van der Waals surface area contributed by atoms with Crippen LogP contribution < -0.4 is 0 Å². The van der Waals surface area contributed by atoms with E-state index in [-0.39, 0.29) is 6.61 Å². The lowest BCUT2D eigenvalue weighted by molar-refractivity contribution is 0.281. The molecule has 2 aromatic rings. The number of rotatable bonds is 3. The Labute approximate surface area is 97.7 Å². The Morgan fingerprint density at radius 3 is 2.81 bits per heavy atom. The van der Waals surface area contributed by atoms with Crippen molar-refractivity contribution in [3.05, 3.63) is 35.0 Å². The van der Waals surface area contributed by atoms with Crippen LogP contribution in [0.1, 0.15) is 18.2 Å². The zero-order chi connectivity index (χ0) is 11.5. The largest absolute Gasteiger partial charge is 0.391 e. The number of hydrogen-bond donors (Lipinski definition) is 1. The fraction of sp³-hybridized carbons (Fsp3) is 0.300. The zero-order valence-corrected chi connectivity index (χ0v) is 9.52. The molecule has 0 saturated heterocycles. The quantitative estimate of drug-likeness (QED) is 0.877. The first kappa shape index (κ1) is 11.0. The maximum Gasteiger partial charge on any atom is 0.158 e. The van der Waals surface area contributed by atoms with Crippen molar-refractivity contribution in [3.8, 4) is 5.82 Å². The monoisotopic (exact) mass is 238 g/mol. The molecule has 0 aromatic carbocycles. The highest BCUT2D eigenvalue weighted by Crippen LogP contribution is 2.23. The van der Waals surface area contributed by atoms with E-state index in [0.717, 1.165) is 5.69 Å². The van der Waals surface area contributed by atoms with Crippen LogP contribution in [0.4, 0.5) is 0 Å². The summed E-state index contributed by atoms with van der Waals surface area (Å²) in [6, 6.07) is 1.71. The molecule has 0 unspecified atom stereocenters. The molecule has 0 fully saturated rings. The van der Waals surface area contributed by atoms with Gasteiger partial charge in [-0.1, -0.05) is 18.5 Å². The third-order valence-corrected chi connectivity index (χ3v) is 2.67. The lowest BCUT2D eigenvalue weighted by Crippen LogP contribution is -2.00. The van der Waals surface area contributed by atoms with E-state index in [2.05, 4.69) is 15.1 Å². The zero-order valence-electron chi connectivity index (χ0n) is 8.76. The van der Waals surface area contributed by atoms with E-state index in [1.807, 2.05) is 6.92 Å². The third kappa shape index (κ3) is 1.79. The molecule has 0 bridgehead atoms. The van der Waals surface area contributed by atoms with Crippen LogP contribution >= 0.6 is 11.6 Å². The van der Waals surface area contributed by atoms with Gasteiger partial charge in [-0.15, -0.1) is 0 Å². The molecule has 0 aliphatic heterocycles. The molecule has 6 heteroatoms. The molecule has 0 spiro atoms. The van der Waals surface area contributed by atoms with Crippen LogP contribution in [0, 0.1) is 0 Å². The maximum absolute atomic E-state index is 9.22. The first-order chi connectivity index (χ1) is 7.77. The first-order valence-electron chi connectivity index (χ1n) is 4.91. The number of halogens is 1. The second-order valence-corrected chi connectivity index (χ2v) is 3.57. The highest BCUT2D eigenvalue weighted by atomic mass is 35.5. The molecule has 0 aliphatic rings. The van der Waals surface area contributed by atoms with E-state index in [0.29, 0.717) is 23.0 Å². The Hall–Kier alpha value is -1.46. The Morgan fingerprint density at radius 1 is 1.50 bits per heavy atom. The van der Waals surface area contributed by atoms with Crippen molar-refractivity contribution in [1.29, 1.82) is 0 Å². The minimum absolute atomic E-state index is 0.118. The van der Waals surface area contributed by atoms with E-state index in [4.69, 9.17) is 11.6 Å². The SMILES string of the molecule is CCc1nn(-c2ccncn2)c(Cl)c1CO. The fourth-order valence-electron chi connectivity index (χ4n) is 1.47. The minimum atomic E-state index is -0.118. The molecule has 2 aromatic heterocycles. The summed E-state index contributed by atoms with van der Waals surface area (Å²) < 4.78 is 1.51. The molecule has 0 saturated carbocycles. The molecule has 2 rings (SSSR count). The van der Waals surface area contributed by atoms with Gasteiger partial charge in [0.1, 0.15) is 11.5 Å². The summed E-state index contributed by atoms with van der Waals surface area (Å²) in [7, 11) is 0. The molecule has 1 N–H and O–H groups in total. The number of aliphatic hydroxyl groups is 1. The Balaban J connectivity index is 2.54. The van der Waals surface area contributed by atoms with E-state index in [9.17, 15) is 5.11 Å². The average molecular weight is 239 g/mol. The molecule has 5 nitrogen and oxygen atoms in total. The van der Waals surface area contributed by atoms with Crippen molar-refractivity contribution < 1.29 is 5.11 Å². The summed E-state index contributed by atoms with van der Waals surface area (Å²) in [5.74, 6) is 0.592. The summed E-state index contributed by atoms with van der Waals surface area (Å²) in [5.41, 5.74) is 1.44. The first-order valence-corrected chi connectivity index (χ1v) is 5.29. The number of aromatic nitrogens is 4. The van der Waals surface area contributed by atoms with Crippen molar-refractivity contribution >= 4 is 11.6 Å². The van der Waals surface area contributed by atoms with Crippen LogP contribution in [-0.2, 0) is 13.0 Å². The molecule has 0 aliphatic carbocycles. The summed E-state index contributed by atoms with van der Waals surface area (Å²) >= 11 is 6.12. The highest BCUT2D eigenvalue weighted by Gasteiger charge is 2.15. The van der Waals surface area contributed by atoms with Crippen LogP contribution in [-0.4, -0.2) is 24.9 Å². The van der Waals surface area contributed by atoms with Crippen LogP contribution in [0.5, 0.6) is 0 Å². The van der Waals surface area contributed by atoms with Gasteiger partial charge in [0.15, 0.2) is 5.82 Å². The Kier molecular flexibility index (Phi) is 3.17. The molecule has 84 valence electrons. The summed E-state index contributed by atoms with van der Waals surface area (Å²) in [6.07, 6.45) is 3.76. The van der Waals surface area contributed by atoms with Crippen molar-refractivity contribution in [2.45, 2.75) is 20.0 Å². The van der Waals surface area contributed by atoms with Crippen LogP contribution in [0.2, 0.25) is 5.15 Å². The van der Waals surface area contributed by atoms with Gasteiger partial charge in [0, 0.05) is 17.8 Å². The van der Waals surface area contributed by atoms with Crippen LogP contribution in [0.25, 0.3) is 5.82 Å². The smallest absolute Gasteiger partial charge is 0.158 e. The molecule has 16 heavy (non-hydrogen) atoms. The average Bonchev–Trinajstić information content (AvgIpc) is 2.66. The lowest BCUT2D eigenvalue weighted by atomic mass is 10.2. The minimum Gasteiger partial charge on any atom is -0.391 e. The molecular weight excluding hydrogens is 228 g/mol. The van der Waals surface area contributed by atoms with E-state index in [1.165, 1.54) is 11.0 Å². The second-order valence-electron chi connectivity index (χ2n) is 3.21. The van der Waals surface area contributed by atoms with Gasteiger partial charge >= 0.3 is 0 Å². The van der Waals surface area contributed by atoms with Gasteiger partial charge in [0.25, 0.3) is 0 Å². The van der Waals surface area contributed by atoms with E-state index >= 15 is 0 Å². The van der Waals surface area contributed by atoms with Gasteiger partial charge in [-0.05, 0) is 6.42 Å². The summed E-state index contributed by atoms with van der Waals surface area (Å²) in [5, 5.41) is 13.9. The van der Waals surface area contributed by atoms with Crippen molar-refractivity contribution in [2.75, 3.05) is 0 Å². The molecule has 2 heterocycles. The highest BCUT2D eigenvalue weighted by molar-refractivity contribution is 6.30. The van der Waals surface area contributed by atoms with Gasteiger partial charge in [-0.25, -0.2) is 14.6 Å². The maximum atomic E-state index is 9.22. The normalized spacial score (nSPS) is 10.7. The Morgan fingerprint density at radius 2 is 2.31 bits per heavy atom. The number of hydrogen-bond acceptors (Lipinski definition) is 4. The van der Waals surface area contributed by atoms with Crippen molar-refractivity contribution in [3.63, 3.8) is 0 Å². The predicted molar refractivity (Wildman–Crippen MR) is 59.5 cm³/mol. The third-order valence-electron chi connectivity index (χ3n) is 2.28. The fourth-order valence-corrected chi connectivity index (χ4v) is 1.77. The van der Waals surface area contributed by atoms with Crippen LogP contribution in [0.15, 0.2) is 18.6 Å². The standard InChI is InChI=1S/C10H11ClN4O/c1-2-8-7(5-16)10(11)15(14-8)9-3-4-12-6-13-9/h3-4,6,16H,2,5H2,1H3. The number of aliphatic hydroxyl groups excluding tert-OH is 1. The van der Waals surface area contributed by atoms with E-state index < -0.39 is 0 Å². The molecular formula is C10H11ClN4O. The molecule has 0 atom stereocenters. The predicted octanol–water partition coefficient (Wildman–Crippen LogP) is 1.37. The van der Waals surface area contributed by atoms with Gasteiger partial charge in [-0.2, -0.15) is 5.10 Å². The summed E-state index contributed by atoms with van der Waals surface area (Å²) in [4.78, 5) is 7.88. The number of aryl methyl sites for hydroxylation is 1. The van der Waals surface area contributed by atoms with Gasteiger partial charge in [0.05, 0.1) is 12.3 Å². The lowest BCUT2D eigenvalue weighted by Gasteiger charge is -2.00. The van der Waals surface area contributed by atoms with Gasteiger partial charge in [0.2, 0.25) is 0 Å². The van der Waals surface area contributed by atoms with Crippen molar-refractivity contribution in [1.82, 2.24) is 19.7 Å². The number of nitrogens with zero attached hydrogens (tertiary/aromatic N) is 4. The van der Waals surface area contributed by atoms with E-state index in [1.54, 1.807) is 12.3 Å². The molecule has 0 radical (unpaired) electrons. The summed E-state index contributed by atoms with van der Waals surface area (Å²) in [6.45, 7) is 1.84. The second kappa shape index (κ2) is 4.59. The Bertz CT molecular complexity index is 483. The van der Waals surface area contributed by atoms with Crippen molar-refractivity contribution in [2.24, 2.45) is 0 Å². The molecule has 0 amide bonds.